The van der Waals surface area contributed by atoms with Gasteiger partial charge >= 0.3 is 0 Å². The highest BCUT2D eigenvalue weighted by Crippen LogP contribution is 2.14. The number of hydrogen-bond acceptors (Lipinski definition) is 4. The van der Waals surface area contributed by atoms with E-state index < -0.39 is 17.9 Å². The first-order valence-corrected chi connectivity index (χ1v) is 10.6. The van der Waals surface area contributed by atoms with Crippen LogP contribution in [0.25, 0.3) is 0 Å². The van der Waals surface area contributed by atoms with E-state index in [0.717, 1.165) is 24.3 Å². The molecule has 2 aromatic carbocycles. The molecule has 0 aromatic heterocycles. The number of nitrogens with one attached hydrogen (secondary N) is 3. The fourth-order valence-electron chi connectivity index (χ4n) is 3.22. The fourth-order valence-corrected chi connectivity index (χ4v) is 3.22. The average molecular weight is 425 g/mol. The van der Waals surface area contributed by atoms with Crippen LogP contribution in [0.1, 0.15) is 43.6 Å². The van der Waals surface area contributed by atoms with Crippen LogP contribution in [0.3, 0.4) is 0 Å². The third kappa shape index (κ3) is 7.13. The summed E-state index contributed by atoms with van der Waals surface area (Å²) in [6.45, 7) is 9.57. The number of hydrogen-bond donors (Lipinski definition) is 3. The van der Waals surface area contributed by atoms with Gasteiger partial charge in [-0.1, -0.05) is 44.2 Å². The second-order valence-electron chi connectivity index (χ2n) is 7.61. The Balaban J connectivity index is 1.92. The van der Waals surface area contributed by atoms with Crippen molar-refractivity contribution in [3.8, 4) is 0 Å². The zero-order chi connectivity index (χ0) is 22.8. The van der Waals surface area contributed by atoms with Gasteiger partial charge in [-0.15, -0.1) is 0 Å². The molecule has 0 unspecified atom stereocenters. The maximum Gasteiger partial charge on any atom is 0.269 e. The number of nitrogens with zero attached hydrogens (tertiary/aromatic N) is 1. The number of hydrazine groups is 1. The highest BCUT2D eigenvalue weighted by Gasteiger charge is 2.24. The molecule has 0 spiro atoms. The van der Waals surface area contributed by atoms with Crippen LogP contribution in [0.5, 0.6) is 0 Å². The van der Waals surface area contributed by atoms with Crippen LogP contribution < -0.4 is 21.1 Å². The summed E-state index contributed by atoms with van der Waals surface area (Å²) in [6, 6.07) is 15.7. The van der Waals surface area contributed by atoms with Gasteiger partial charge in [0.1, 0.15) is 6.04 Å². The molecule has 166 valence electrons. The lowest BCUT2D eigenvalue weighted by Crippen LogP contribution is -2.54. The Kier molecular flexibility index (Phi) is 9.06. The molecule has 3 amide bonds. The monoisotopic (exact) mass is 424 g/mol. The molecule has 1 atom stereocenters. The van der Waals surface area contributed by atoms with Crippen LogP contribution in [-0.4, -0.2) is 36.9 Å². The van der Waals surface area contributed by atoms with E-state index in [-0.39, 0.29) is 18.2 Å². The summed E-state index contributed by atoms with van der Waals surface area (Å²) in [6.07, 6.45) is 0.183. The number of carbonyl (C=O) groups is 3. The molecule has 2 rings (SSSR count). The molecule has 0 fully saturated rings. The Bertz CT molecular complexity index is 862. The lowest BCUT2D eigenvalue weighted by Gasteiger charge is -2.22. The van der Waals surface area contributed by atoms with Gasteiger partial charge in [-0.25, -0.2) is 0 Å². The minimum absolute atomic E-state index is 0.148. The Morgan fingerprint density at radius 1 is 0.871 bits per heavy atom. The van der Waals surface area contributed by atoms with Crippen molar-refractivity contribution in [3.05, 3.63) is 65.7 Å². The standard InChI is InChI=1S/C24H32N4O3/c1-5-28(6-2)20-14-12-19(13-15-20)23(30)26-27-24(31)22(17(3)4)25-21(29)16-18-10-8-7-9-11-18/h7-15,17,22H,5-6,16H2,1-4H3,(H,25,29)(H,26,30)(H,27,31)/t22-/m0/s1. The molecule has 0 bridgehead atoms. The number of benzene rings is 2. The van der Waals surface area contributed by atoms with Crippen molar-refractivity contribution in [2.45, 2.75) is 40.2 Å². The summed E-state index contributed by atoms with van der Waals surface area (Å²) in [7, 11) is 0. The highest BCUT2D eigenvalue weighted by molar-refractivity contribution is 5.96. The number of amides is 3. The Morgan fingerprint density at radius 2 is 1.48 bits per heavy atom. The zero-order valence-electron chi connectivity index (χ0n) is 18.6. The van der Waals surface area contributed by atoms with Crippen LogP contribution in [0.2, 0.25) is 0 Å². The van der Waals surface area contributed by atoms with Crippen LogP contribution in [0.4, 0.5) is 5.69 Å². The van der Waals surface area contributed by atoms with Crippen molar-refractivity contribution in [2.75, 3.05) is 18.0 Å². The van der Waals surface area contributed by atoms with Crippen LogP contribution in [0.15, 0.2) is 54.6 Å². The maximum atomic E-state index is 12.6. The third-order valence-corrected chi connectivity index (χ3v) is 5.03. The van der Waals surface area contributed by atoms with Crippen LogP contribution in [0, 0.1) is 5.92 Å². The van der Waals surface area contributed by atoms with Gasteiger partial charge in [-0.3, -0.25) is 25.2 Å². The molecular weight excluding hydrogens is 392 g/mol. The molecule has 0 aliphatic carbocycles. The molecule has 31 heavy (non-hydrogen) atoms. The van der Waals surface area contributed by atoms with Crippen molar-refractivity contribution in [2.24, 2.45) is 5.92 Å². The molecule has 0 aliphatic rings. The van der Waals surface area contributed by atoms with E-state index in [0.29, 0.717) is 5.56 Å². The quantitative estimate of drug-likeness (QED) is 0.540. The van der Waals surface area contributed by atoms with Crippen LogP contribution >= 0.6 is 0 Å². The average Bonchev–Trinajstić information content (AvgIpc) is 2.77. The number of anilines is 1. The largest absolute Gasteiger partial charge is 0.372 e. The van der Waals surface area contributed by atoms with Gasteiger partial charge in [-0.05, 0) is 49.6 Å². The first kappa shape index (κ1) is 23.9. The second kappa shape index (κ2) is 11.7. The lowest BCUT2D eigenvalue weighted by molar-refractivity contribution is -0.130. The molecule has 0 saturated carbocycles. The van der Waals surface area contributed by atoms with E-state index in [4.69, 9.17) is 0 Å². The molecule has 7 heteroatoms. The summed E-state index contributed by atoms with van der Waals surface area (Å²) < 4.78 is 0. The van der Waals surface area contributed by atoms with Gasteiger partial charge in [0.25, 0.3) is 11.8 Å². The van der Waals surface area contributed by atoms with E-state index in [1.54, 1.807) is 12.1 Å². The summed E-state index contributed by atoms with van der Waals surface area (Å²) >= 11 is 0. The van der Waals surface area contributed by atoms with Crippen molar-refractivity contribution in [1.29, 1.82) is 0 Å². The number of carbonyl (C=O) groups excluding carboxylic acids is 3. The van der Waals surface area contributed by atoms with E-state index in [9.17, 15) is 14.4 Å². The van der Waals surface area contributed by atoms with Gasteiger partial charge in [-0.2, -0.15) is 0 Å². The molecule has 0 aliphatic heterocycles. The van der Waals surface area contributed by atoms with Crippen molar-refractivity contribution in [3.63, 3.8) is 0 Å². The van der Waals surface area contributed by atoms with Gasteiger partial charge in [0.2, 0.25) is 5.91 Å². The zero-order valence-corrected chi connectivity index (χ0v) is 18.6. The fraction of sp³-hybridized carbons (Fsp3) is 0.375. The van der Waals surface area contributed by atoms with Gasteiger partial charge in [0, 0.05) is 24.3 Å². The minimum atomic E-state index is -0.762. The summed E-state index contributed by atoms with van der Waals surface area (Å²) in [5.41, 5.74) is 7.19. The molecule has 2 aromatic rings. The Morgan fingerprint density at radius 3 is 2.03 bits per heavy atom. The van der Waals surface area contributed by atoms with Gasteiger partial charge < -0.3 is 10.2 Å². The van der Waals surface area contributed by atoms with Crippen molar-refractivity contribution < 1.29 is 14.4 Å². The highest BCUT2D eigenvalue weighted by atomic mass is 16.2. The molecule has 7 nitrogen and oxygen atoms in total. The number of rotatable bonds is 9. The van der Waals surface area contributed by atoms with Gasteiger partial charge in [0.15, 0.2) is 0 Å². The third-order valence-electron chi connectivity index (χ3n) is 5.03. The topological polar surface area (TPSA) is 90.5 Å². The SMILES string of the molecule is CCN(CC)c1ccc(C(=O)NNC(=O)[C@@H](NC(=O)Cc2ccccc2)C(C)C)cc1. The Labute approximate surface area is 184 Å². The predicted octanol–water partition coefficient (Wildman–Crippen LogP) is 2.68. The smallest absolute Gasteiger partial charge is 0.269 e. The van der Waals surface area contributed by atoms with E-state index in [1.807, 2.05) is 56.3 Å². The molecular formula is C24H32N4O3. The first-order valence-electron chi connectivity index (χ1n) is 10.6. The summed E-state index contributed by atoms with van der Waals surface area (Å²) in [5, 5.41) is 2.75. The second-order valence-corrected chi connectivity index (χ2v) is 7.61. The predicted molar refractivity (Wildman–Crippen MR) is 123 cm³/mol. The molecule has 0 heterocycles. The maximum absolute atomic E-state index is 12.6. The summed E-state index contributed by atoms with van der Waals surface area (Å²) in [4.78, 5) is 39.5. The molecule has 0 radical (unpaired) electrons. The van der Waals surface area contributed by atoms with Crippen molar-refractivity contribution in [1.82, 2.24) is 16.2 Å². The normalized spacial score (nSPS) is 11.5. The van der Waals surface area contributed by atoms with Gasteiger partial charge in [0.05, 0.1) is 6.42 Å². The van der Waals surface area contributed by atoms with E-state index in [2.05, 4.69) is 34.9 Å². The Hall–Kier alpha value is -3.35. The minimum Gasteiger partial charge on any atom is -0.372 e. The molecule has 3 N–H and O–H groups in total. The van der Waals surface area contributed by atoms with Crippen molar-refractivity contribution >= 4 is 23.4 Å². The molecule has 0 saturated heterocycles. The van der Waals surface area contributed by atoms with E-state index >= 15 is 0 Å². The lowest BCUT2D eigenvalue weighted by atomic mass is 10.0. The van der Waals surface area contributed by atoms with E-state index in [1.165, 1.54) is 0 Å². The summed E-state index contributed by atoms with van der Waals surface area (Å²) in [5.74, 6) is -1.29. The van der Waals surface area contributed by atoms with Crippen LogP contribution in [-0.2, 0) is 16.0 Å². The first-order chi connectivity index (χ1) is 14.8.